The van der Waals surface area contributed by atoms with Crippen molar-refractivity contribution in [2.75, 3.05) is 0 Å². The number of carbonyl (C=O) groups is 2. The van der Waals surface area contributed by atoms with Crippen LogP contribution in [0.25, 0.3) is 16.9 Å². The monoisotopic (exact) mass is 348 g/mol. The molecule has 0 spiro atoms. The summed E-state index contributed by atoms with van der Waals surface area (Å²) in [6.07, 6.45) is 0. The summed E-state index contributed by atoms with van der Waals surface area (Å²) in [5.74, 6) is -0.917. The van der Waals surface area contributed by atoms with Crippen molar-refractivity contribution < 1.29 is 9.59 Å². The summed E-state index contributed by atoms with van der Waals surface area (Å²) in [5, 5.41) is 4.58. The number of nitrogens with one attached hydrogen (secondary N) is 2. The highest BCUT2D eigenvalue weighted by molar-refractivity contribution is 5.95. The molecule has 2 N–H and O–H groups in total. The number of amides is 2. The molecule has 6 nitrogen and oxygen atoms in total. The number of hydrazine groups is 1. The number of benzene rings is 2. The van der Waals surface area contributed by atoms with Gasteiger partial charge in [0.25, 0.3) is 5.91 Å². The minimum Gasteiger partial charge on any atom is -0.273 e. The van der Waals surface area contributed by atoms with E-state index in [0.717, 1.165) is 11.3 Å². The van der Waals surface area contributed by atoms with Gasteiger partial charge in [-0.05, 0) is 18.2 Å². The van der Waals surface area contributed by atoms with Crippen molar-refractivity contribution in [1.29, 1.82) is 0 Å². The second kappa shape index (κ2) is 7.65. The molecular formula is C20H20N4O2. The van der Waals surface area contributed by atoms with E-state index >= 15 is 0 Å². The summed E-state index contributed by atoms with van der Waals surface area (Å²) in [6, 6.07) is 20.7. The predicted molar refractivity (Wildman–Crippen MR) is 99.4 cm³/mol. The maximum atomic E-state index is 12.6. The molecule has 3 rings (SSSR count). The van der Waals surface area contributed by atoms with E-state index in [9.17, 15) is 9.59 Å². The van der Waals surface area contributed by atoms with Gasteiger partial charge in [0.15, 0.2) is 0 Å². The summed E-state index contributed by atoms with van der Waals surface area (Å²) < 4.78 is 1.57. The first kappa shape index (κ1) is 17.4. The second-order valence-corrected chi connectivity index (χ2v) is 6.13. The zero-order valence-electron chi connectivity index (χ0n) is 14.6. The van der Waals surface area contributed by atoms with Crippen LogP contribution in [0.1, 0.15) is 24.3 Å². The van der Waals surface area contributed by atoms with E-state index in [0.29, 0.717) is 11.4 Å². The fourth-order valence-corrected chi connectivity index (χ4v) is 2.39. The molecule has 1 aromatic heterocycles. The molecule has 26 heavy (non-hydrogen) atoms. The van der Waals surface area contributed by atoms with Crippen LogP contribution in [0.4, 0.5) is 0 Å². The van der Waals surface area contributed by atoms with Gasteiger partial charge in [-0.15, -0.1) is 0 Å². The Morgan fingerprint density at radius 3 is 2.15 bits per heavy atom. The molecule has 2 amide bonds. The lowest BCUT2D eigenvalue weighted by Gasteiger charge is -2.10. The average molecular weight is 348 g/mol. The molecule has 0 bridgehead atoms. The largest absolute Gasteiger partial charge is 0.288 e. The molecule has 0 saturated carbocycles. The highest BCUT2D eigenvalue weighted by atomic mass is 16.2. The molecule has 3 aromatic rings. The molecule has 0 atom stereocenters. The minimum atomic E-state index is -0.433. The second-order valence-electron chi connectivity index (χ2n) is 6.13. The molecule has 0 saturated heterocycles. The highest BCUT2D eigenvalue weighted by Gasteiger charge is 2.18. The Morgan fingerprint density at radius 2 is 1.54 bits per heavy atom. The Hall–Kier alpha value is -3.41. The lowest BCUT2D eigenvalue weighted by molar-refractivity contribution is -0.124. The van der Waals surface area contributed by atoms with Crippen LogP contribution in [0, 0.1) is 5.92 Å². The SMILES string of the molecule is CC(C)C(=O)NNC(=O)c1cc(-c2ccccc2)nn1-c1ccccc1. The summed E-state index contributed by atoms with van der Waals surface area (Å²) in [4.78, 5) is 24.3. The van der Waals surface area contributed by atoms with Gasteiger partial charge in [0.2, 0.25) is 5.91 Å². The molecule has 0 aliphatic rings. The molecule has 0 unspecified atom stereocenters. The first-order valence-corrected chi connectivity index (χ1v) is 8.37. The summed E-state index contributed by atoms with van der Waals surface area (Å²) in [6.45, 7) is 3.51. The Labute approximate surface area is 151 Å². The third kappa shape index (κ3) is 3.80. The van der Waals surface area contributed by atoms with E-state index in [1.807, 2.05) is 60.7 Å². The number of para-hydroxylation sites is 1. The first-order valence-electron chi connectivity index (χ1n) is 8.37. The number of aromatic nitrogens is 2. The van der Waals surface area contributed by atoms with Crippen molar-refractivity contribution in [2.45, 2.75) is 13.8 Å². The van der Waals surface area contributed by atoms with Gasteiger partial charge >= 0.3 is 0 Å². The number of hydrogen-bond acceptors (Lipinski definition) is 3. The molecule has 0 aliphatic carbocycles. The van der Waals surface area contributed by atoms with Gasteiger partial charge in [0, 0.05) is 11.5 Å². The zero-order valence-corrected chi connectivity index (χ0v) is 14.6. The van der Waals surface area contributed by atoms with Gasteiger partial charge in [-0.3, -0.25) is 20.4 Å². The molecular weight excluding hydrogens is 328 g/mol. The summed E-state index contributed by atoms with van der Waals surface area (Å²) in [7, 11) is 0. The third-order valence-electron chi connectivity index (χ3n) is 3.84. The molecule has 2 aromatic carbocycles. The van der Waals surface area contributed by atoms with Gasteiger partial charge < -0.3 is 0 Å². The summed E-state index contributed by atoms with van der Waals surface area (Å²) in [5.41, 5.74) is 7.56. The maximum absolute atomic E-state index is 12.6. The number of nitrogens with zero attached hydrogens (tertiary/aromatic N) is 2. The predicted octanol–water partition coefficient (Wildman–Crippen LogP) is 2.96. The molecule has 0 fully saturated rings. The standard InChI is InChI=1S/C20H20N4O2/c1-14(2)19(25)21-22-20(26)18-13-17(15-9-5-3-6-10-15)23-24(18)16-11-7-4-8-12-16/h3-14H,1-2H3,(H,21,25)(H,22,26). The van der Waals surface area contributed by atoms with Crippen molar-refractivity contribution in [3.63, 3.8) is 0 Å². The summed E-state index contributed by atoms with van der Waals surface area (Å²) >= 11 is 0. The Bertz CT molecular complexity index is 902. The van der Waals surface area contributed by atoms with Crippen molar-refractivity contribution in [3.05, 3.63) is 72.4 Å². The van der Waals surface area contributed by atoms with E-state index in [4.69, 9.17) is 0 Å². The fourth-order valence-electron chi connectivity index (χ4n) is 2.39. The van der Waals surface area contributed by atoms with Gasteiger partial charge in [-0.2, -0.15) is 5.10 Å². The third-order valence-corrected chi connectivity index (χ3v) is 3.84. The van der Waals surface area contributed by atoms with Crippen molar-refractivity contribution in [1.82, 2.24) is 20.6 Å². The number of carbonyl (C=O) groups excluding carboxylic acids is 2. The van der Waals surface area contributed by atoms with Crippen LogP contribution in [0.2, 0.25) is 0 Å². The normalized spacial score (nSPS) is 10.6. The number of hydrogen-bond donors (Lipinski definition) is 2. The van der Waals surface area contributed by atoms with Crippen molar-refractivity contribution in [2.24, 2.45) is 5.92 Å². The zero-order chi connectivity index (χ0) is 18.5. The fraction of sp³-hybridized carbons (Fsp3) is 0.150. The van der Waals surface area contributed by atoms with E-state index in [1.165, 1.54) is 0 Å². The molecule has 1 heterocycles. The molecule has 0 radical (unpaired) electrons. The highest BCUT2D eigenvalue weighted by Crippen LogP contribution is 2.21. The Morgan fingerprint density at radius 1 is 0.923 bits per heavy atom. The van der Waals surface area contributed by atoms with Gasteiger partial charge in [-0.1, -0.05) is 62.4 Å². The van der Waals surface area contributed by atoms with Crippen LogP contribution >= 0.6 is 0 Å². The van der Waals surface area contributed by atoms with Crippen molar-refractivity contribution in [3.8, 4) is 16.9 Å². The smallest absolute Gasteiger partial charge is 0.273 e. The van der Waals surface area contributed by atoms with E-state index in [2.05, 4.69) is 16.0 Å². The van der Waals surface area contributed by atoms with Crippen LogP contribution < -0.4 is 10.9 Å². The van der Waals surface area contributed by atoms with Crippen LogP contribution in [0.15, 0.2) is 66.7 Å². The van der Waals surface area contributed by atoms with Gasteiger partial charge in [0.1, 0.15) is 5.69 Å². The van der Waals surface area contributed by atoms with Crippen LogP contribution in [-0.2, 0) is 4.79 Å². The molecule has 6 heteroatoms. The first-order chi connectivity index (χ1) is 12.6. The van der Waals surface area contributed by atoms with Crippen LogP contribution in [0.5, 0.6) is 0 Å². The van der Waals surface area contributed by atoms with Gasteiger partial charge in [-0.25, -0.2) is 4.68 Å². The lowest BCUT2D eigenvalue weighted by atomic mass is 10.1. The molecule has 0 aliphatic heterocycles. The lowest BCUT2D eigenvalue weighted by Crippen LogP contribution is -2.44. The van der Waals surface area contributed by atoms with Gasteiger partial charge in [0.05, 0.1) is 11.4 Å². The maximum Gasteiger partial charge on any atom is 0.288 e. The van der Waals surface area contributed by atoms with Crippen molar-refractivity contribution >= 4 is 11.8 Å². The molecule has 132 valence electrons. The van der Waals surface area contributed by atoms with E-state index < -0.39 is 5.91 Å². The topological polar surface area (TPSA) is 76.0 Å². The van der Waals surface area contributed by atoms with Crippen LogP contribution in [-0.4, -0.2) is 21.6 Å². The Balaban J connectivity index is 1.96. The quantitative estimate of drug-likeness (QED) is 0.712. The van der Waals surface area contributed by atoms with Crippen LogP contribution in [0.3, 0.4) is 0 Å². The minimum absolute atomic E-state index is 0.228. The number of rotatable bonds is 4. The van der Waals surface area contributed by atoms with E-state index in [1.54, 1.807) is 24.6 Å². The average Bonchev–Trinajstić information content (AvgIpc) is 3.12. The van der Waals surface area contributed by atoms with E-state index in [-0.39, 0.29) is 11.8 Å². The Kier molecular flexibility index (Phi) is 5.12.